The van der Waals surface area contributed by atoms with Crippen LogP contribution in [-0.4, -0.2) is 6.04 Å². The van der Waals surface area contributed by atoms with Crippen LogP contribution in [0.5, 0.6) is 0 Å². The van der Waals surface area contributed by atoms with Crippen LogP contribution < -0.4 is 5.32 Å². The number of aryl methyl sites for hydroxylation is 1. The Balaban J connectivity index is 1.59. The van der Waals surface area contributed by atoms with Gasteiger partial charge in [0.2, 0.25) is 0 Å². The maximum atomic E-state index is 3.81. The first kappa shape index (κ1) is 12.7. The Morgan fingerprint density at radius 3 is 2.67 bits per heavy atom. The molecule has 3 saturated carbocycles. The molecule has 0 radical (unpaired) electrons. The van der Waals surface area contributed by atoms with Crippen molar-refractivity contribution in [1.29, 1.82) is 0 Å². The second-order valence-corrected chi connectivity index (χ2v) is 8.33. The van der Waals surface area contributed by atoms with E-state index in [2.05, 4.69) is 45.1 Å². The van der Waals surface area contributed by atoms with Crippen molar-refractivity contribution in [2.75, 3.05) is 0 Å². The molecule has 0 amide bonds. The fourth-order valence-electron chi connectivity index (χ4n) is 4.23. The molecule has 100 valence electrons. The molecule has 0 saturated heterocycles. The van der Waals surface area contributed by atoms with Crippen LogP contribution in [0.3, 0.4) is 0 Å². The first-order chi connectivity index (χ1) is 8.48. The van der Waals surface area contributed by atoms with Gasteiger partial charge in [-0.2, -0.15) is 0 Å². The molecule has 1 aromatic rings. The minimum Gasteiger partial charge on any atom is -0.309 e. The fourth-order valence-corrected chi connectivity index (χ4v) is 5.07. The number of hydrogen-bond acceptors (Lipinski definition) is 2. The third-order valence-electron chi connectivity index (χ3n) is 5.69. The van der Waals surface area contributed by atoms with E-state index in [0.29, 0.717) is 5.41 Å². The standard InChI is InChI=1S/C16H25NS/c1-10-5-6-13(18-10)9-17-15-8-12-7-14(11(15)2)16(12,3)4/h5-6,11-12,14-15,17H,7-9H2,1-4H3/t11-,12-,14+,15-/m1/s1. The van der Waals surface area contributed by atoms with Gasteiger partial charge < -0.3 is 5.32 Å². The van der Waals surface area contributed by atoms with E-state index in [1.165, 1.54) is 22.6 Å². The van der Waals surface area contributed by atoms with E-state index < -0.39 is 0 Å². The topological polar surface area (TPSA) is 12.0 Å². The number of nitrogens with one attached hydrogen (secondary N) is 1. The summed E-state index contributed by atoms with van der Waals surface area (Å²) in [4.78, 5) is 2.91. The minimum absolute atomic E-state index is 0.608. The lowest BCUT2D eigenvalue weighted by atomic mass is 9.45. The summed E-state index contributed by atoms with van der Waals surface area (Å²) in [7, 11) is 0. The average Bonchev–Trinajstić information content (AvgIpc) is 2.73. The van der Waals surface area contributed by atoms with Gasteiger partial charge in [0.15, 0.2) is 0 Å². The maximum Gasteiger partial charge on any atom is 0.0302 e. The minimum atomic E-state index is 0.608. The Hall–Kier alpha value is -0.340. The summed E-state index contributed by atoms with van der Waals surface area (Å²) in [6.07, 6.45) is 2.86. The fraction of sp³-hybridized carbons (Fsp3) is 0.750. The van der Waals surface area contributed by atoms with Crippen molar-refractivity contribution in [3.05, 3.63) is 21.9 Å². The van der Waals surface area contributed by atoms with Crippen molar-refractivity contribution >= 4 is 11.3 Å². The second kappa shape index (κ2) is 4.35. The molecule has 18 heavy (non-hydrogen) atoms. The zero-order chi connectivity index (χ0) is 12.9. The number of rotatable bonds is 3. The van der Waals surface area contributed by atoms with Crippen LogP contribution in [0.25, 0.3) is 0 Å². The highest BCUT2D eigenvalue weighted by molar-refractivity contribution is 7.11. The molecule has 2 heteroatoms. The van der Waals surface area contributed by atoms with Crippen molar-refractivity contribution in [3.63, 3.8) is 0 Å². The quantitative estimate of drug-likeness (QED) is 0.861. The van der Waals surface area contributed by atoms with E-state index in [1.54, 1.807) is 0 Å². The van der Waals surface area contributed by atoms with Gasteiger partial charge in [0.25, 0.3) is 0 Å². The van der Waals surface area contributed by atoms with Gasteiger partial charge in [0, 0.05) is 22.3 Å². The van der Waals surface area contributed by atoms with Crippen molar-refractivity contribution in [2.24, 2.45) is 23.2 Å². The first-order valence-corrected chi connectivity index (χ1v) is 8.09. The Kier molecular flexibility index (Phi) is 3.06. The average molecular weight is 263 g/mol. The van der Waals surface area contributed by atoms with Gasteiger partial charge in [-0.05, 0) is 55.1 Å². The second-order valence-electron chi connectivity index (χ2n) is 6.96. The van der Waals surface area contributed by atoms with Gasteiger partial charge in [0.05, 0.1) is 0 Å². The van der Waals surface area contributed by atoms with Crippen molar-refractivity contribution in [2.45, 2.75) is 53.1 Å². The lowest BCUT2D eigenvalue weighted by Gasteiger charge is -2.62. The van der Waals surface area contributed by atoms with E-state index in [0.717, 1.165) is 30.3 Å². The Morgan fingerprint density at radius 1 is 1.33 bits per heavy atom. The molecule has 1 aromatic heterocycles. The molecule has 3 fully saturated rings. The smallest absolute Gasteiger partial charge is 0.0302 e. The Bertz CT molecular complexity index is 434. The highest BCUT2D eigenvalue weighted by Crippen LogP contribution is 2.61. The zero-order valence-electron chi connectivity index (χ0n) is 12.0. The number of fused-ring (bicyclic) bond motifs is 2. The number of hydrogen-bond donors (Lipinski definition) is 1. The molecule has 0 aromatic carbocycles. The van der Waals surface area contributed by atoms with Crippen molar-refractivity contribution in [1.82, 2.24) is 5.32 Å². The summed E-state index contributed by atoms with van der Waals surface area (Å²) in [5.41, 5.74) is 0.608. The van der Waals surface area contributed by atoms with Gasteiger partial charge in [-0.15, -0.1) is 11.3 Å². The lowest BCUT2D eigenvalue weighted by molar-refractivity contribution is -0.115. The van der Waals surface area contributed by atoms with Crippen LogP contribution in [0, 0.1) is 30.1 Å². The SMILES string of the molecule is Cc1ccc(CN[C@@H]2C[C@H]3C[C@@H]([C@H]2C)C3(C)C)s1. The summed E-state index contributed by atoms with van der Waals surface area (Å²) in [6.45, 7) is 10.7. The van der Waals surface area contributed by atoms with Gasteiger partial charge in [-0.25, -0.2) is 0 Å². The van der Waals surface area contributed by atoms with Crippen molar-refractivity contribution < 1.29 is 0 Å². The molecule has 1 N–H and O–H groups in total. The molecular weight excluding hydrogens is 238 g/mol. The van der Waals surface area contributed by atoms with Gasteiger partial charge >= 0.3 is 0 Å². The summed E-state index contributed by atoms with van der Waals surface area (Å²) < 4.78 is 0. The molecule has 4 atom stereocenters. The van der Waals surface area contributed by atoms with Gasteiger partial charge in [0.1, 0.15) is 0 Å². The van der Waals surface area contributed by atoms with E-state index >= 15 is 0 Å². The maximum absolute atomic E-state index is 3.81. The van der Waals surface area contributed by atoms with E-state index in [9.17, 15) is 0 Å². The lowest BCUT2D eigenvalue weighted by Crippen LogP contribution is -2.59. The largest absolute Gasteiger partial charge is 0.309 e. The number of thiophene rings is 1. The highest BCUT2D eigenvalue weighted by Gasteiger charge is 2.55. The summed E-state index contributed by atoms with van der Waals surface area (Å²) in [5.74, 6) is 2.74. The normalized spacial score (nSPS) is 37.3. The molecule has 4 rings (SSSR count). The van der Waals surface area contributed by atoms with E-state index in [-0.39, 0.29) is 0 Å². The third kappa shape index (κ3) is 1.94. The molecule has 0 spiro atoms. The molecule has 3 aliphatic carbocycles. The summed E-state index contributed by atoms with van der Waals surface area (Å²) >= 11 is 1.93. The Labute approximate surface area is 115 Å². The van der Waals surface area contributed by atoms with E-state index in [4.69, 9.17) is 0 Å². The predicted octanol–water partition coefficient (Wildman–Crippen LogP) is 4.22. The monoisotopic (exact) mass is 263 g/mol. The molecule has 2 bridgehead atoms. The predicted molar refractivity (Wildman–Crippen MR) is 78.8 cm³/mol. The van der Waals surface area contributed by atoms with Crippen LogP contribution in [0.2, 0.25) is 0 Å². The van der Waals surface area contributed by atoms with E-state index in [1.807, 2.05) is 11.3 Å². The van der Waals surface area contributed by atoms with Crippen molar-refractivity contribution in [3.8, 4) is 0 Å². The molecule has 0 unspecified atom stereocenters. The third-order valence-corrected chi connectivity index (χ3v) is 6.69. The van der Waals surface area contributed by atoms with Crippen LogP contribution in [0.15, 0.2) is 12.1 Å². The highest BCUT2D eigenvalue weighted by atomic mass is 32.1. The van der Waals surface area contributed by atoms with Gasteiger partial charge in [-0.1, -0.05) is 20.8 Å². The first-order valence-electron chi connectivity index (χ1n) is 7.27. The van der Waals surface area contributed by atoms with Crippen LogP contribution >= 0.6 is 11.3 Å². The zero-order valence-corrected chi connectivity index (χ0v) is 12.8. The molecule has 1 heterocycles. The summed E-state index contributed by atoms with van der Waals surface area (Å²) in [5, 5.41) is 3.81. The van der Waals surface area contributed by atoms with Crippen LogP contribution in [0.4, 0.5) is 0 Å². The van der Waals surface area contributed by atoms with Crippen LogP contribution in [0.1, 0.15) is 43.4 Å². The molecular formula is C16H25NS. The molecule has 3 aliphatic rings. The molecule has 0 aliphatic heterocycles. The Morgan fingerprint density at radius 2 is 2.11 bits per heavy atom. The molecule has 1 nitrogen and oxygen atoms in total. The summed E-state index contributed by atoms with van der Waals surface area (Å²) in [6, 6.07) is 5.24. The van der Waals surface area contributed by atoms with Gasteiger partial charge in [-0.3, -0.25) is 0 Å². The van der Waals surface area contributed by atoms with Crippen LogP contribution in [-0.2, 0) is 6.54 Å².